The van der Waals surface area contributed by atoms with Crippen molar-refractivity contribution in [1.29, 1.82) is 0 Å². The van der Waals surface area contributed by atoms with Gasteiger partial charge in [0.15, 0.2) is 11.6 Å². The summed E-state index contributed by atoms with van der Waals surface area (Å²) in [7, 11) is 0. The molecule has 0 spiro atoms. The fourth-order valence-electron chi connectivity index (χ4n) is 5.67. The van der Waals surface area contributed by atoms with Crippen molar-refractivity contribution in [3.8, 4) is 5.75 Å². The Labute approximate surface area is 275 Å². The van der Waals surface area contributed by atoms with E-state index in [2.05, 4.69) is 26.8 Å². The molecule has 1 fully saturated rings. The molecule has 1 amide bonds. The number of halogens is 3. The zero-order chi connectivity index (χ0) is 31.2. The van der Waals surface area contributed by atoms with Gasteiger partial charge in [-0.2, -0.15) is 0 Å². The average molecular weight is 705 g/mol. The van der Waals surface area contributed by atoms with Gasteiger partial charge >= 0.3 is 0 Å². The first-order valence-electron chi connectivity index (χ1n) is 14.8. The van der Waals surface area contributed by atoms with Crippen molar-refractivity contribution in [3.05, 3.63) is 97.9 Å². The number of aliphatic hydroxyl groups is 2. The number of carbonyl (C=O) groups excluding carboxylic acids is 1. The van der Waals surface area contributed by atoms with Crippen molar-refractivity contribution in [2.75, 3.05) is 19.8 Å². The SMILES string of the molecule is O=C(NNCC1(O)CCCCC1)[C@@]1(Cc2ccc(Br)cc2)N=C(c2ccc(OCCCO)cc2)O[C@H]1c1ccc(Cl)cc1Cl. The van der Waals surface area contributed by atoms with Crippen LogP contribution in [0.15, 0.2) is 76.2 Å². The third-order valence-electron chi connectivity index (χ3n) is 8.07. The van der Waals surface area contributed by atoms with Gasteiger partial charge < -0.3 is 19.7 Å². The van der Waals surface area contributed by atoms with Crippen LogP contribution < -0.4 is 15.6 Å². The Bertz CT molecular complexity index is 1470. The van der Waals surface area contributed by atoms with E-state index in [1.807, 2.05) is 36.4 Å². The number of aliphatic imine (C=N–C) groups is 1. The minimum Gasteiger partial charge on any atom is -0.494 e. The number of hydrogen-bond acceptors (Lipinski definition) is 7. The van der Waals surface area contributed by atoms with Gasteiger partial charge in [0.05, 0.1) is 12.2 Å². The molecule has 44 heavy (non-hydrogen) atoms. The zero-order valence-electron chi connectivity index (χ0n) is 24.2. The zero-order valence-corrected chi connectivity index (χ0v) is 27.3. The highest BCUT2D eigenvalue weighted by molar-refractivity contribution is 9.10. The summed E-state index contributed by atoms with van der Waals surface area (Å²) >= 11 is 16.5. The molecule has 4 N–H and O–H groups in total. The molecule has 3 aromatic carbocycles. The molecule has 0 bridgehead atoms. The van der Waals surface area contributed by atoms with Gasteiger partial charge in [-0.25, -0.2) is 10.4 Å². The first kappa shape index (κ1) is 32.7. The minimum absolute atomic E-state index is 0.0496. The molecule has 2 atom stereocenters. The Morgan fingerprint density at radius 1 is 1.05 bits per heavy atom. The van der Waals surface area contributed by atoms with Gasteiger partial charge in [-0.3, -0.25) is 10.2 Å². The molecule has 1 saturated carbocycles. The molecule has 0 radical (unpaired) electrons. The van der Waals surface area contributed by atoms with Gasteiger partial charge in [-0.1, -0.05) is 76.6 Å². The number of hydrazine groups is 1. The maximum absolute atomic E-state index is 14.4. The standard InChI is InChI=1S/C33H36BrCl2N3O5/c34-24-9-5-22(6-10-24)20-33(31(41)39-37-21-32(42)15-2-1-3-16-32)29(27-14-11-25(35)19-28(27)36)44-30(38-33)23-7-12-26(13-8-23)43-18-4-17-40/h5-14,19,29,37,40,42H,1-4,15-18,20-21H2,(H,39,41)/t29-,33-/m0/s1. The molecule has 8 nitrogen and oxygen atoms in total. The Balaban J connectivity index is 1.52. The fourth-order valence-corrected chi connectivity index (χ4v) is 6.44. The van der Waals surface area contributed by atoms with E-state index in [4.69, 9.17) is 42.8 Å². The lowest BCUT2D eigenvalue weighted by atomic mass is 9.82. The summed E-state index contributed by atoms with van der Waals surface area (Å²) in [5.41, 5.74) is 5.59. The molecular formula is C33H36BrCl2N3O5. The second-order valence-corrected chi connectivity index (χ2v) is 13.1. The number of hydrogen-bond donors (Lipinski definition) is 4. The van der Waals surface area contributed by atoms with Crippen LogP contribution in [-0.2, 0) is 16.0 Å². The van der Waals surface area contributed by atoms with E-state index in [1.54, 1.807) is 30.3 Å². The molecule has 11 heteroatoms. The summed E-state index contributed by atoms with van der Waals surface area (Å²) in [6, 6.07) is 20.0. The lowest BCUT2D eigenvalue weighted by molar-refractivity contribution is -0.130. The Morgan fingerprint density at radius 2 is 1.77 bits per heavy atom. The number of amides is 1. The topological polar surface area (TPSA) is 112 Å². The Kier molecular flexibility index (Phi) is 10.9. The summed E-state index contributed by atoms with van der Waals surface area (Å²) in [5.74, 6) is 0.498. The summed E-state index contributed by atoms with van der Waals surface area (Å²) in [6.07, 6.45) is 4.17. The predicted molar refractivity (Wildman–Crippen MR) is 175 cm³/mol. The van der Waals surface area contributed by atoms with Crippen molar-refractivity contribution in [1.82, 2.24) is 10.9 Å². The number of nitrogens with one attached hydrogen (secondary N) is 2. The van der Waals surface area contributed by atoms with Crippen LogP contribution in [0.3, 0.4) is 0 Å². The molecular weight excluding hydrogens is 669 g/mol. The van der Waals surface area contributed by atoms with Gasteiger partial charge in [0.25, 0.3) is 5.91 Å². The van der Waals surface area contributed by atoms with Crippen LogP contribution in [0.5, 0.6) is 5.75 Å². The minimum atomic E-state index is -1.47. The molecule has 3 aromatic rings. The summed E-state index contributed by atoms with van der Waals surface area (Å²) in [4.78, 5) is 19.4. The number of nitrogens with zero attached hydrogens (tertiary/aromatic N) is 1. The first-order chi connectivity index (χ1) is 21.2. The second kappa shape index (κ2) is 14.6. The third kappa shape index (κ3) is 7.76. The van der Waals surface area contributed by atoms with Crippen LogP contribution in [0.2, 0.25) is 10.0 Å². The molecule has 1 heterocycles. The normalized spacial score (nSPS) is 20.9. The highest BCUT2D eigenvalue weighted by Gasteiger charge is 2.54. The van der Waals surface area contributed by atoms with Crippen LogP contribution >= 0.6 is 39.1 Å². The molecule has 0 unspecified atom stereocenters. The average Bonchev–Trinajstić information content (AvgIpc) is 3.39. The quantitative estimate of drug-likeness (QED) is 0.130. The first-order valence-corrected chi connectivity index (χ1v) is 16.3. The van der Waals surface area contributed by atoms with Gasteiger partial charge in [-0.15, -0.1) is 0 Å². The van der Waals surface area contributed by atoms with Crippen LogP contribution in [-0.4, -0.2) is 52.9 Å². The van der Waals surface area contributed by atoms with E-state index >= 15 is 0 Å². The van der Waals surface area contributed by atoms with Crippen LogP contribution in [0.1, 0.15) is 61.3 Å². The van der Waals surface area contributed by atoms with E-state index in [1.165, 1.54) is 0 Å². The van der Waals surface area contributed by atoms with Gasteiger partial charge in [0.2, 0.25) is 5.90 Å². The molecule has 1 aliphatic carbocycles. The number of benzene rings is 3. The van der Waals surface area contributed by atoms with E-state index in [0.717, 1.165) is 29.3 Å². The lowest BCUT2D eigenvalue weighted by Crippen LogP contribution is -2.56. The molecule has 1 aliphatic heterocycles. The highest BCUT2D eigenvalue weighted by Crippen LogP contribution is 2.45. The van der Waals surface area contributed by atoms with Crippen molar-refractivity contribution >= 4 is 50.9 Å². The largest absolute Gasteiger partial charge is 0.494 e. The summed E-state index contributed by atoms with van der Waals surface area (Å²) < 4.78 is 13.1. The van der Waals surface area contributed by atoms with Gasteiger partial charge in [-0.05, 0) is 66.9 Å². The van der Waals surface area contributed by atoms with Crippen LogP contribution in [0.4, 0.5) is 0 Å². The summed E-state index contributed by atoms with van der Waals surface area (Å²) in [5, 5.41) is 20.9. The highest BCUT2D eigenvalue weighted by atomic mass is 79.9. The maximum atomic E-state index is 14.4. The molecule has 234 valence electrons. The molecule has 5 rings (SSSR count). The van der Waals surface area contributed by atoms with Crippen molar-refractivity contribution in [2.45, 2.75) is 62.2 Å². The van der Waals surface area contributed by atoms with Crippen molar-refractivity contribution in [2.24, 2.45) is 4.99 Å². The predicted octanol–water partition coefficient (Wildman–Crippen LogP) is 6.33. The Morgan fingerprint density at radius 3 is 2.45 bits per heavy atom. The van der Waals surface area contributed by atoms with Crippen molar-refractivity contribution < 1.29 is 24.5 Å². The Hall–Kier alpha value is -2.66. The van der Waals surface area contributed by atoms with Gasteiger partial charge in [0, 0.05) is 51.6 Å². The van der Waals surface area contributed by atoms with Crippen LogP contribution in [0.25, 0.3) is 0 Å². The fraction of sp³-hybridized carbons (Fsp3) is 0.394. The molecule has 2 aliphatic rings. The van der Waals surface area contributed by atoms with E-state index < -0.39 is 23.2 Å². The van der Waals surface area contributed by atoms with Crippen molar-refractivity contribution in [3.63, 3.8) is 0 Å². The molecule has 0 aromatic heterocycles. The third-order valence-corrected chi connectivity index (χ3v) is 9.16. The number of ether oxygens (including phenoxy) is 2. The number of carbonyl (C=O) groups is 1. The summed E-state index contributed by atoms with van der Waals surface area (Å²) in [6.45, 7) is 0.658. The lowest BCUT2D eigenvalue weighted by Gasteiger charge is -2.34. The van der Waals surface area contributed by atoms with Crippen LogP contribution in [0, 0.1) is 0 Å². The maximum Gasteiger partial charge on any atom is 0.266 e. The number of aliphatic hydroxyl groups excluding tert-OH is 1. The van der Waals surface area contributed by atoms with E-state index in [-0.39, 0.29) is 25.5 Å². The van der Waals surface area contributed by atoms with Gasteiger partial charge in [0.1, 0.15) is 5.75 Å². The smallest absolute Gasteiger partial charge is 0.266 e. The second-order valence-electron chi connectivity index (χ2n) is 11.4. The monoisotopic (exact) mass is 703 g/mol. The molecule has 0 saturated heterocycles. The van der Waals surface area contributed by atoms with E-state index in [0.29, 0.717) is 52.8 Å². The number of rotatable bonds is 12. The van der Waals surface area contributed by atoms with E-state index in [9.17, 15) is 9.90 Å².